The molecule has 1 amide bonds. The molecule has 0 heterocycles. The maximum Gasteiger partial charge on any atom is 0.258 e. The molecule has 2 aromatic carbocycles. The molecule has 0 radical (unpaired) electrons. The second-order valence-electron chi connectivity index (χ2n) is 7.36. The first kappa shape index (κ1) is 17.7. The minimum atomic E-state index is -0.390. The number of aryl methyl sites for hydroxylation is 1. The number of halogens is 1. The number of ketones is 1. The van der Waals surface area contributed by atoms with Gasteiger partial charge in [-0.05, 0) is 48.4 Å². The molecule has 4 rings (SSSR count). The normalized spacial score (nSPS) is 20.7. The van der Waals surface area contributed by atoms with Crippen LogP contribution in [0.25, 0.3) is 0 Å². The minimum Gasteiger partial charge on any atom is -0.483 e. The van der Waals surface area contributed by atoms with E-state index in [9.17, 15) is 14.0 Å². The van der Waals surface area contributed by atoms with Crippen LogP contribution in [-0.2, 0) is 11.2 Å². The van der Waals surface area contributed by atoms with Gasteiger partial charge in [-0.25, -0.2) is 4.39 Å². The highest BCUT2D eigenvalue weighted by Gasteiger charge is 2.32. The Morgan fingerprint density at radius 1 is 1.26 bits per heavy atom. The lowest BCUT2D eigenvalue weighted by Gasteiger charge is -2.26. The van der Waals surface area contributed by atoms with Gasteiger partial charge in [0.15, 0.2) is 12.4 Å². The SMILES string of the molecule is C[C@H]1CC(=O)c2c(OCC(=O)N[C@@H]3CCCc4ccccc43)ccc(F)c21. The lowest BCUT2D eigenvalue weighted by Crippen LogP contribution is -2.34. The molecule has 0 aliphatic heterocycles. The van der Waals surface area contributed by atoms with Gasteiger partial charge in [0.1, 0.15) is 11.6 Å². The number of Topliss-reactive ketones (excluding diaryl/α,β-unsaturated/α-hetero) is 1. The monoisotopic (exact) mass is 367 g/mol. The van der Waals surface area contributed by atoms with E-state index in [4.69, 9.17) is 4.74 Å². The Bertz CT molecular complexity index is 908. The summed E-state index contributed by atoms with van der Waals surface area (Å²) in [6, 6.07) is 10.9. The summed E-state index contributed by atoms with van der Waals surface area (Å²) in [5.41, 5.74) is 3.12. The van der Waals surface area contributed by atoms with E-state index in [0.717, 1.165) is 24.8 Å². The fraction of sp³-hybridized carbons (Fsp3) is 0.364. The van der Waals surface area contributed by atoms with Gasteiger partial charge in [0, 0.05) is 12.0 Å². The highest BCUT2D eigenvalue weighted by atomic mass is 19.1. The summed E-state index contributed by atoms with van der Waals surface area (Å²) in [5.74, 6) is -0.635. The number of carbonyl (C=O) groups excluding carboxylic acids is 2. The van der Waals surface area contributed by atoms with E-state index in [-0.39, 0.29) is 42.5 Å². The molecule has 0 aromatic heterocycles. The van der Waals surface area contributed by atoms with Crippen LogP contribution < -0.4 is 10.1 Å². The number of hydrogen-bond donors (Lipinski definition) is 1. The van der Waals surface area contributed by atoms with E-state index in [0.29, 0.717) is 16.9 Å². The van der Waals surface area contributed by atoms with Crippen LogP contribution in [0.15, 0.2) is 36.4 Å². The highest BCUT2D eigenvalue weighted by molar-refractivity contribution is 6.03. The average Bonchev–Trinajstić information content (AvgIpc) is 2.97. The molecule has 0 saturated heterocycles. The molecule has 5 heteroatoms. The van der Waals surface area contributed by atoms with Gasteiger partial charge in [0.2, 0.25) is 0 Å². The zero-order valence-corrected chi connectivity index (χ0v) is 15.3. The van der Waals surface area contributed by atoms with Crippen molar-refractivity contribution in [1.82, 2.24) is 5.32 Å². The van der Waals surface area contributed by atoms with Crippen molar-refractivity contribution >= 4 is 11.7 Å². The summed E-state index contributed by atoms with van der Waals surface area (Å²) in [6.45, 7) is 1.63. The molecule has 2 aliphatic rings. The van der Waals surface area contributed by atoms with Gasteiger partial charge in [-0.3, -0.25) is 9.59 Å². The van der Waals surface area contributed by atoms with Crippen LogP contribution in [0, 0.1) is 5.82 Å². The fourth-order valence-corrected chi connectivity index (χ4v) is 4.23. The summed E-state index contributed by atoms with van der Waals surface area (Å²) in [7, 11) is 0. The van der Waals surface area contributed by atoms with Gasteiger partial charge in [0.25, 0.3) is 5.91 Å². The van der Waals surface area contributed by atoms with E-state index in [1.165, 1.54) is 17.7 Å². The third-order valence-corrected chi connectivity index (χ3v) is 5.48. The molecular formula is C22H22FNO3. The first-order valence-electron chi connectivity index (χ1n) is 9.40. The van der Waals surface area contributed by atoms with Crippen molar-refractivity contribution in [3.63, 3.8) is 0 Å². The van der Waals surface area contributed by atoms with Gasteiger partial charge in [-0.15, -0.1) is 0 Å². The smallest absolute Gasteiger partial charge is 0.258 e. The topological polar surface area (TPSA) is 55.4 Å². The number of ether oxygens (including phenoxy) is 1. The largest absolute Gasteiger partial charge is 0.483 e. The van der Waals surface area contributed by atoms with E-state index < -0.39 is 0 Å². The first-order chi connectivity index (χ1) is 13.0. The van der Waals surface area contributed by atoms with Crippen molar-refractivity contribution in [3.8, 4) is 5.75 Å². The predicted octanol–water partition coefficient (Wildman–Crippen LogP) is 4.09. The van der Waals surface area contributed by atoms with Crippen LogP contribution in [0.2, 0.25) is 0 Å². The lowest BCUT2D eigenvalue weighted by molar-refractivity contribution is -0.124. The Morgan fingerprint density at radius 2 is 2.07 bits per heavy atom. The maximum atomic E-state index is 14.1. The average molecular weight is 367 g/mol. The summed E-state index contributed by atoms with van der Waals surface area (Å²) < 4.78 is 19.7. The molecule has 2 atom stereocenters. The molecule has 0 bridgehead atoms. The number of rotatable bonds is 4. The Labute approximate surface area is 157 Å². The van der Waals surface area contributed by atoms with E-state index in [2.05, 4.69) is 11.4 Å². The number of benzene rings is 2. The number of amides is 1. The van der Waals surface area contributed by atoms with Crippen LogP contribution in [-0.4, -0.2) is 18.3 Å². The van der Waals surface area contributed by atoms with Crippen LogP contribution in [0.4, 0.5) is 4.39 Å². The van der Waals surface area contributed by atoms with Gasteiger partial charge in [-0.1, -0.05) is 31.2 Å². The van der Waals surface area contributed by atoms with Crippen LogP contribution in [0.3, 0.4) is 0 Å². The predicted molar refractivity (Wildman–Crippen MR) is 99.5 cm³/mol. The molecule has 0 unspecified atom stereocenters. The van der Waals surface area contributed by atoms with Gasteiger partial charge in [-0.2, -0.15) is 0 Å². The van der Waals surface area contributed by atoms with Gasteiger partial charge < -0.3 is 10.1 Å². The second kappa shape index (κ2) is 7.14. The lowest BCUT2D eigenvalue weighted by atomic mass is 9.88. The molecule has 140 valence electrons. The molecule has 1 N–H and O–H groups in total. The summed E-state index contributed by atoms with van der Waals surface area (Å²) in [5, 5.41) is 3.02. The van der Waals surface area contributed by atoms with Crippen molar-refractivity contribution in [1.29, 1.82) is 0 Å². The second-order valence-corrected chi connectivity index (χ2v) is 7.36. The van der Waals surface area contributed by atoms with Crippen LogP contribution in [0.5, 0.6) is 5.75 Å². The van der Waals surface area contributed by atoms with Crippen LogP contribution in [0.1, 0.15) is 65.2 Å². The molecule has 27 heavy (non-hydrogen) atoms. The number of hydrogen-bond acceptors (Lipinski definition) is 3. The number of nitrogens with one attached hydrogen (secondary N) is 1. The highest BCUT2D eigenvalue weighted by Crippen LogP contribution is 2.39. The first-order valence-corrected chi connectivity index (χ1v) is 9.40. The van der Waals surface area contributed by atoms with Gasteiger partial charge >= 0.3 is 0 Å². The van der Waals surface area contributed by atoms with Crippen molar-refractivity contribution < 1.29 is 18.7 Å². The Kier molecular flexibility index (Phi) is 4.68. The van der Waals surface area contributed by atoms with Crippen LogP contribution >= 0.6 is 0 Å². The Morgan fingerprint density at radius 3 is 2.93 bits per heavy atom. The third-order valence-electron chi connectivity index (χ3n) is 5.48. The number of carbonyl (C=O) groups is 2. The van der Waals surface area contributed by atoms with Crippen molar-refractivity contribution in [2.24, 2.45) is 0 Å². The molecule has 2 aliphatic carbocycles. The molecule has 4 nitrogen and oxygen atoms in total. The maximum absolute atomic E-state index is 14.1. The molecule has 0 spiro atoms. The van der Waals surface area contributed by atoms with E-state index in [1.807, 2.05) is 25.1 Å². The summed E-state index contributed by atoms with van der Waals surface area (Å²) in [4.78, 5) is 24.6. The molecular weight excluding hydrogens is 345 g/mol. The summed E-state index contributed by atoms with van der Waals surface area (Å²) in [6.07, 6.45) is 3.23. The molecule has 2 aromatic rings. The Hall–Kier alpha value is -2.69. The van der Waals surface area contributed by atoms with E-state index >= 15 is 0 Å². The van der Waals surface area contributed by atoms with E-state index in [1.54, 1.807) is 0 Å². The fourth-order valence-electron chi connectivity index (χ4n) is 4.23. The third kappa shape index (κ3) is 3.34. The van der Waals surface area contributed by atoms with Gasteiger partial charge in [0.05, 0.1) is 11.6 Å². The molecule has 0 fully saturated rings. The zero-order valence-electron chi connectivity index (χ0n) is 15.3. The zero-order chi connectivity index (χ0) is 19.0. The van der Waals surface area contributed by atoms with Crippen molar-refractivity contribution in [3.05, 3.63) is 64.5 Å². The standard InChI is InChI=1S/C22H22FNO3/c1-13-11-18(25)22-19(10-9-16(23)21(13)22)27-12-20(26)24-17-8-4-6-14-5-2-3-7-15(14)17/h2-3,5,7,9-10,13,17H,4,6,8,11-12H2,1H3,(H,24,26)/t13-,17+/m0/s1. The summed E-state index contributed by atoms with van der Waals surface area (Å²) >= 11 is 0. The Balaban J connectivity index is 1.45. The molecule has 0 saturated carbocycles. The number of fused-ring (bicyclic) bond motifs is 2. The minimum absolute atomic E-state index is 0.0216. The van der Waals surface area contributed by atoms with Crippen molar-refractivity contribution in [2.45, 2.75) is 44.6 Å². The quantitative estimate of drug-likeness (QED) is 0.886. The van der Waals surface area contributed by atoms with Crippen molar-refractivity contribution in [2.75, 3.05) is 6.61 Å².